The van der Waals surface area contributed by atoms with Crippen LogP contribution in [0.2, 0.25) is 0 Å². The lowest BCUT2D eigenvalue weighted by Crippen LogP contribution is -2.55. The lowest BCUT2D eigenvalue weighted by Gasteiger charge is -2.38. The molecule has 0 aromatic heterocycles. The molecule has 1 amide bonds. The van der Waals surface area contributed by atoms with E-state index in [2.05, 4.69) is 5.32 Å². The van der Waals surface area contributed by atoms with E-state index in [-0.39, 0.29) is 23.9 Å². The van der Waals surface area contributed by atoms with E-state index in [0.717, 1.165) is 18.4 Å². The lowest BCUT2D eigenvalue weighted by molar-refractivity contribution is -0.120. The molecule has 1 aromatic carbocycles. The zero-order chi connectivity index (χ0) is 12.3. The number of carbonyl (C=O) groups excluding carboxylic acids is 1. The molecule has 0 spiro atoms. The van der Waals surface area contributed by atoms with Crippen LogP contribution >= 0.6 is 12.4 Å². The maximum Gasteiger partial charge on any atom is 0.224 e. The molecular formula is C14H21ClN2O. The number of carbonyl (C=O) groups is 1. The third-order valence-corrected chi connectivity index (χ3v) is 3.47. The molecule has 1 aliphatic carbocycles. The van der Waals surface area contributed by atoms with Gasteiger partial charge in [0.2, 0.25) is 5.91 Å². The predicted molar refractivity (Wildman–Crippen MR) is 75.9 cm³/mol. The Bertz CT molecular complexity index is 399. The summed E-state index contributed by atoms with van der Waals surface area (Å²) in [6, 6.07) is 8.05. The minimum atomic E-state index is -0.136. The smallest absolute Gasteiger partial charge is 0.224 e. The number of hydrogen-bond acceptors (Lipinski definition) is 2. The molecule has 0 atom stereocenters. The number of nitrogens with one attached hydrogen (secondary N) is 1. The van der Waals surface area contributed by atoms with Crippen molar-refractivity contribution in [2.75, 3.05) is 6.54 Å². The van der Waals surface area contributed by atoms with Gasteiger partial charge >= 0.3 is 0 Å². The Morgan fingerprint density at radius 2 is 1.94 bits per heavy atom. The lowest BCUT2D eigenvalue weighted by atomic mass is 9.78. The first-order valence-electron chi connectivity index (χ1n) is 6.19. The number of rotatable bonds is 4. The van der Waals surface area contributed by atoms with Crippen LogP contribution in [-0.4, -0.2) is 18.0 Å². The minimum Gasteiger partial charge on any atom is -0.354 e. The van der Waals surface area contributed by atoms with Crippen LogP contribution in [0.4, 0.5) is 0 Å². The first-order chi connectivity index (χ1) is 8.07. The van der Waals surface area contributed by atoms with Crippen LogP contribution in [0.1, 0.15) is 30.4 Å². The van der Waals surface area contributed by atoms with Gasteiger partial charge in [0.25, 0.3) is 0 Å². The summed E-state index contributed by atoms with van der Waals surface area (Å²) >= 11 is 0. The van der Waals surface area contributed by atoms with E-state index in [1.165, 1.54) is 12.0 Å². The summed E-state index contributed by atoms with van der Waals surface area (Å²) in [5.74, 6) is 0.0607. The van der Waals surface area contributed by atoms with Crippen LogP contribution in [0.3, 0.4) is 0 Å². The predicted octanol–water partition coefficient (Wildman–Crippen LogP) is 1.96. The van der Waals surface area contributed by atoms with Gasteiger partial charge in [-0.3, -0.25) is 4.79 Å². The van der Waals surface area contributed by atoms with Crippen LogP contribution in [-0.2, 0) is 11.2 Å². The van der Waals surface area contributed by atoms with Gasteiger partial charge < -0.3 is 11.1 Å². The van der Waals surface area contributed by atoms with Crippen LogP contribution in [0.5, 0.6) is 0 Å². The second-order valence-electron chi connectivity index (χ2n) is 5.16. The maximum absolute atomic E-state index is 11.7. The normalized spacial score (nSPS) is 16.3. The molecule has 1 fully saturated rings. The van der Waals surface area contributed by atoms with E-state index in [4.69, 9.17) is 5.73 Å². The largest absolute Gasteiger partial charge is 0.354 e. The van der Waals surface area contributed by atoms with Crippen molar-refractivity contribution in [2.24, 2.45) is 5.73 Å². The third-order valence-electron chi connectivity index (χ3n) is 3.47. The first-order valence-corrected chi connectivity index (χ1v) is 6.19. The molecule has 3 N–H and O–H groups in total. The number of benzene rings is 1. The second-order valence-corrected chi connectivity index (χ2v) is 5.16. The molecule has 0 bridgehead atoms. The van der Waals surface area contributed by atoms with Crippen molar-refractivity contribution in [3.8, 4) is 0 Å². The van der Waals surface area contributed by atoms with Crippen molar-refractivity contribution in [3.63, 3.8) is 0 Å². The summed E-state index contributed by atoms with van der Waals surface area (Å²) in [6.45, 7) is 2.65. The minimum absolute atomic E-state index is 0. The molecule has 100 valence electrons. The molecule has 0 saturated heterocycles. The van der Waals surface area contributed by atoms with Crippen molar-refractivity contribution in [3.05, 3.63) is 35.4 Å². The van der Waals surface area contributed by atoms with E-state index < -0.39 is 0 Å². The Balaban J connectivity index is 0.00000162. The summed E-state index contributed by atoms with van der Waals surface area (Å²) in [6.07, 6.45) is 3.68. The monoisotopic (exact) mass is 268 g/mol. The maximum atomic E-state index is 11.7. The fourth-order valence-electron chi connectivity index (χ4n) is 2.04. The molecule has 0 heterocycles. The average molecular weight is 269 g/mol. The van der Waals surface area contributed by atoms with Gasteiger partial charge in [-0.25, -0.2) is 0 Å². The Morgan fingerprint density at radius 3 is 2.44 bits per heavy atom. The van der Waals surface area contributed by atoms with Gasteiger partial charge in [-0.2, -0.15) is 0 Å². The van der Waals surface area contributed by atoms with Gasteiger partial charge in [0, 0.05) is 12.1 Å². The molecular weight excluding hydrogens is 248 g/mol. The highest BCUT2D eigenvalue weighted by Crippen LogP contribution is 2.27. The van der Waals surface area contributed by atoms with Crippen molar-refractivity contribution < 1.29 is 4.79 Å². The van der Waals surface area contributed by atoms with Gasteiger partial charge in [-0.05, 0) is 31.7 Å². The SMILES string of the molecule is Cc1ccc(CC(=O)NCC2(N)CCC2)cc1.Cl. The molecule has 2 rings (SSSR count). The quantitative estimate of drug-likeness (QED) is 0.877. The summed E-state index contributed by atoms with van der Waals surface area (Å²) in [5.41, 5.74) is 8.18. The van der Waals surface area contributed by atoms with Crippen LogP contribution in [0, 0.1) is 6.92 Å². The van der Waals surface area contributed by atoms with Crippen molar-refractivity contribution in [1.82, 2.24) is 5.32 Å². The number of nitrogens with two attached hydrogens (primary N) is 1. The van der Waals surface area contributed by atoms with Crippen LogP contribution in [0.15, 0.2) is 24.3 Å². The Kier molecular flexibility index (Phi) is 5.17. The highest BCUT2D eigenvalue weighted by atomic mass is 35.5. The van der Waals surface area contributed by atoms with Crippen molar-refractivity contribution in [2.45, 2.75) is 38.1 Å². The molecule has 1 saturated carbocycles. The van der Waals surface area contributed by atoms with E-state index >= 15 is 0 Å². The van der Waals surface area contributed by atoms with Gasteiger partial charge in [-0.15, -0.1) is 12.4 Å². The fraction of sp³-hybridized carbons (Fsp3) is 0.500. The molecule has 1 aromatic rings. The summed E-state index contributed by atoms with van der Waals surface area (Å²) in [4.78, 5) is 11.7. The number of amides is 1. The molecule has 1 aliphatic rings. The van der Waals surface area contributed by atoms with Gasteiger partial charge in [0.15, 0.2) is 0 Å². The van der Waals surface area contributed by atoms with Crippen molar-refractivity contribution in [1.29, 1.82) is 0 Å². The molecule has 4 heteroatoms. The molecule has 18 heavy (non-hydrogen) atoms. The van der Waals surface area contributed by atoms with Crippen LogP contribution in [0.25, 0.3) is 0 Å². The standard InChI is InChI=1S/C14H20N2O.ClH/c1-11-3-5-12(6-4-11)9-13(17)16-10-14(15)7-2-8-14;/h3-6H,2,7-10,15H2,1H3,(H,16,17);1H. The summed E-state index contributed by atoms with van der Waals surface area (Å²) in [7, 11) is 0. The molecule has 3 nitrogen and oxygen atoms in total. The van der Waals surface area contributed by atoms with E-state index in [1.54, 1.807) is 0 Å². The second kappa shape index (κ2) is 6.21. The van der Waals surface area contributed by atoms with Gasteiger partial charge in [-0.1, -0.05) is 29.8 Å². The van der Waals surface area contributed by atoms with E-state index in [1.807, 2.05) is 31.2 Å². The van der Waals surface area contributed by atoms with Gasteiger partial charge in [0.1, 0.15) is 0 Å². The average Bonchev–Trinajstić information content (AvgIpc) is 2.27. The van der Waals surface area contributed by atoms with Crippen molar-refractivity contribution >= 4 is 18.3 Å². The fourth-order valence-corrected chi connectivity index (χ4v) is 2.04. The Labute approximate surface area is 115 Å². The third kappa shape index (κ3) is 4.00. The zero-order valence-corrected chi connectivity index (χ0v) is 11.6. The van der Waals surface area contributed by atoms with Gasteiger partial charge in [0.05, 0.1) is 6.42 Å². The highest BCUT2D eigenvalue weighted by molar-refractivity contribution is 5.85. The topological polar surface area (TPSA) is 55.1 Å². The summed E-state index contributed by atoms with van der Waals surface area (Å²) in [5, 5.41) is 2.92. The molecule has 0 unspecified atom stereocenters. The Morgan fingerprint density at radius 1 is 1.33 bits per heavy atom. The molecule has 0 aliphatic heterocycles. The summed E-state index contributed by atoms with van der Waals surface area (Å²) < 4.78 is 0. The number of aryl methyl sites for hydroxylation is 1. The highest BCUT2D eigenvalue weighted by Gasteiger charge is 2.32. The van der Waals surface area contributed by atoms with E-state index in [0.29, 0.717) is 13.0 Å². The Hall–Kier alpha value is -1.06. The zero-order valence-electron chi connectivity index (χ0n) is 10.7. The molecule has 0 radical (unpaired) electrons. The first kappa shape index (κ1) is 15.0. The van der Waals surface area contributed by atoms with Crippen LogP contribution < -0.4 is 11.1 Å². The van der Waals surface area contributed by atoms with E-state index in [9.17, 15) is 4.79 Å². The number of hydrogen-bond donors (Lipinski definition) is 2. The number of halogens is 1.